The van der Waals surface area contributed by atoms with Crippen LogP contribution in [0.5, 0.6) is 0 Å². The molecule has 0 aliphatic carbocycles. The summed E-state index contributed by atoms with van der Waals surface area (Å²) in [6.45, 7) is 13.9. The van der Waals surface area contributed by atoms with Crippen molar-refractivity contribution in [1.29, 1.82) is 0 Å². The molecular weight excluding hydrogens is 232 g/mol. The Bertz CT molecular complexity index is 195. The van der Waals surface area contributed by atoms with Gasteiger partial charge in [-0.15, -0.1) is 6.58 Å². The van der Waals surface area contributed by atoms with Gasteiger partial charge in [-0.2, -0.15) is 0 Å². The first-order valence-corrected chi connectivity index (χ1v) is 11.0. The minimum Gasteiger partial charge on any atom is -0.104 e. The summed E-state index contributed by atoms with van der Waals surface area (Å²) in [6.07, 6.45) is 11.2. The molecule has 0 aromatic rings. The minimum atomic E-state index is -1.10. The Labute approximate surface area is 117 Å². The summed E-state index contributed by atoms with van der Waals surface area (Å²) in [6, 6.07) is 4.19. The molecule has 0 heterocycles. The van der Waals surface area contributed by atoms with Gasteiger partial charge in [0.15, 0.2) is 0 Å². The predicted octanol–water partition coefficient (Wildman–Crippen LogP) is 6.73. The second-order valence-electron chi connectivity index (χ2n) is 5.82. The van der Waals surface area contributed by atoms with E-state index in [-0.39, 0.29) is 0 Å². The number of allylic oxidation sites excluding steroid dienone is 1. The average molecular weight is 269 g/mol. The Morgan fingerprint density at radius 1 is 0.722 bits per heavy atom. The lowest BCUT2D eigenvalue weighted by Gasteiger charge is -2.30. The first-order chi connectivity index (χ1) is 8.66. The molecule has 0 aliphatic heterocycles. The smallest absolute Gasteiger partial charge is 0.0799 e. The van der Waals surface area contributed by atoms with E-state index in [0.717, 1.165) is 0 Å². The Hall–Kier alpha value is -0.0431. The first kappa shape index (κ1) is 18.0. The number of rotatable bonds is 12. The summed E-state index contributed by atoms with van der Waals surface area (Å²) in [5.74, 6) is 0. The zero-order valence-corrected chi connectivity index (χ0v) is 14.5. The van der Waals surface area contributed by atoms with Crippen LogP contribution in [-0.2, 0) is 0 Å². The molecule has 1 heteroatoms. The highest BCUT2D eigenvalue weighted by molar-refractivity contribution is 6.86. The van der Waals surface area contributed by atoms with E-state index in [2.05, 4.69) is 34.3 Å². The quantitative estimate of drug-likeness (QED) is 0.272. The van der Waals surface area contributed by atoms with Gasteiger partial charge in [0.05, 0.1) is 8.07 Å². The van der Waals surface area contributed by atoms with Gasteiger partial charge in [-0.1, -0.05) is 89.5 Å². The van der Waals surface area contributed by atoms with Crippen molar-refractivity contribution in [1.82, 2.24) is 0 Å². The summed E-state index contributed by atoms with van der Waals surface area (Å²) in [7, 11) is -1.10. The molecule has 18 heavy (non-hydrogen) atoms. The van der Waals surface area contributed by atoms with Gasteiger partial charge in [-0.05, 0) is 12.8 Å². The molecule has 0 rings (SSSR count). The van der Waals surface area contributed by atoms with Crippen LogP contribution >= 0.6 is 0 Å². The Balaban J connectivity index is 3.75. The minimum absolute atomic E-state index is 1.10. The SMILES string of the molecule is C=C(CCCCCCCCC)[Si](CC)(CC)CC. The zero-order chi connectivity index (χ0) is 13.9. The van der Waals surface area contributed by atoms with Gasteiger partial charge in [0.1, 0.15) is 0 Å². The van der Waals surface area contributed by atoms with E-state index in [9.17, 15) is 0 Å². The number of unbranched alkanes of at least 4 members (excludes halogenated alkanes) is 6. The normalized spacial score (nSPS) is 11.8. The molecule has 0 radical (unpaired) electrons. The summed E-state index contributed by atoms with van der Waals surface area (Å²) < 4.78 is 0. The van der Waals surface area contributed by atoms with Crippen LogP contribution in [0.4, 0.5) is 0 Å². The van der Waals surface area contributed by atoms with E-state index >= 15 is 0 Å². The maximum absolute atomic E-state index is 4.45. The van der Waals surface area contributed by atoms with Gasteiger partial charge in [0.2, 0.25) is 0 Å². The highest BCUT2D eigenvalue weighted by atomic mass is 28.3. The van der Waals surface area contributed by atoms with Crippen molar-refractivity contribution < 1.29 is 0 Å². The zero-order valence-electron chi connectivity index (χ0n) is 13.5. The highest BCUT2D eigenvalue weighted by Crippen LogP contribution is 2.30. The van der Waals surface area contributed by atoms with Crippen LogP contribution in [-0.4, -0.2) is 8.07 Å². The topological polar surface area (TPSA) is 0 Å². The van der Waals surface area contributed by atoms with Crippen molar-refractivity contribution in [3.63, 3.8) is 0 Å². The van der Waals surface area contributed by atoms with Crippen LogP contribution in [0.2, 0.25) is 18.1 Å². The Kier molecular flexibility index (Phi) is 10.8. The number of hydrogen-bond acceptors (Lipinski definition) is 0. The predicted molar refractivity (Wildman–Crippen MR) is 88.9 cm³/mol. The van der Waals surface area contributed by atoms with Crippen LogP contribution in [0.3, 0.4) is 0 Å². The average Bonchev–Trinajstić information content (AvgIpc) is 2.40. The molecule has 0 unspecified atom stereocenters. The molecule has 0 fully saturated rings. The van der Waals surface area contributed by atoms with Gasteiger partial charge in [-0.25, -0.2) is 0 Å². The summed E-state index contributed by atoms with van der Waals surface area (Å²) >= 11 is 0. The van der Waals surface area contributed by atoms with Crippen molar-refractivity contribution in [3.8, 4) is 0 Å². The molecule has 0 saturated heterocycles. The molecule has 0 amide bonds. The van der Waals surface area contributed by atoms with Crippen molar-refractivity contribution in [2.45, 2.75) is 97.2 Å². The first-order valence-electron chi connectivity index (χ1n) is 8.35. The number of hydrogen-bond donors (Lipinski definition) is 0. The van der Waals surface area contributed by atoms with Crippen molar-refractivity contribution >= 4 is 8.07 Å². The van der Waals surface area contributed by atoms with Gasteiger partial charge < -0.3 is 0 Å². The maximum Gasteiger partial charge on any atom is 0.0799 e. The van der Waals surface area contributed by atoms with Crippen molar-refractivity contribution in [3.05, 3.63) is 11.8 Å². The Morgan fingerprint density at radius 2 is 1.17 bits per heavy atom. The molecule has 0 nitrogen and oxygen atoms in total. The lowest BCUT2D eigenvalue weighted by Crippen LogP contribution is -2.34. The molecular formula is C17H36Si. The second-order valence-corrected chi connectivity index (χ2v) is 11.2. The molecule has 0 saturated carbocycles. The van der Waals surface area contributed by atoms with E-state index < -0.39 is 8.07 Å². The van der Waals surface area contributed by atoms with Crippen molar-refractivity contribution in [2.24, 2.45) is 0 Å². The standard InChI is InChI=1S/C17H36Si/c1-6-10-11-12-13-14-15-16-17(5)18(7-2,8-3)9-4/h5-16H2,1-4H3. The maximum atomic E-state index is 4.45. The molecule has 0 aromatic heterocycles. The van der Waals surface area contributed by atoms with E-state index in [1.54, 1.807) is 5.20 Å². The summed E-state index contributed by atoms with van der Waals surface area (Å²) in [4.78, 5) is 0. The van der Waals surface area contributed by atoms with Gasteiger partial charge in [0.25, 0.3) is 0 Å². The van der Waals surface area contributed by atoms with E-state index in [1.165, 1.54) is 69.5 Å². The molecule has 0 bridgehead atoms. The summed E-state index contributed by atoms with van der Waals surface area (Å²) in [5, 5.41) is 1.66. The molecule has 108 valence electrons. The third-order valence-electron chi connectivity index (χ3n) is 4.86. The van der Waals surface area contributed by atoms with Crippen LogP contribution in [0.1, 0.15) is 79.1 Å². The third kappa shape index (κ3) is 6.22. The lowest BCUT2D eigenvalue weighted by atomic mass is 10.1. The van der Waals surface area contributed by atoms with Crippen LogP contribution in [0.25, 0.3) is 0 Å². The van der Waals surface area contributed by atoms with Gasteiger partial charge >= 0.3 is 0 Å². The summed E-state index contributed by atoms with van der Waals surface area (Å²) in [5.41, 5.74) is 0. The van der Waals surface area contributed by atoms with Crippen LogP contribution in [0.15, 0.2) is 11.8 Å². The molecule has 0 N–H and O–H groups in total. The van der Waals surface area contributed by atoms with Crippen molar-refractivity contribution in [2.75, 3.05) is 0 Å². The molecule has 0 spiro atoms. The molecule has 0 aliphatic rings. The lowest BCUT2D eigenvalue weighted by molar-refractivity contribution is 0.590. The fourth-order valence-corrected chi connectivity index (χ4v) is 6.77. The van der Waals surface area contributed by atoms with Gasteiger partial charge in [0, 0.05) is 0 Å². The van der Waals surface area contributed by atoms with E-state index in [1.807, 2.05) is 0 Å². The van der Waals surface area contributed by atoms with E-state index in [4.69, 9.17) is 0 Å². The van der Waals surface area contributed by atoms with E-state index in [0.29, 0.717) is 0 Å². The monoisotopic (exact) mass is 268 g/mol. The fourth-order valence-electron chi connectivity index (χ4n) is 3.06. The van der Waals surface area contributed by atoms with Crippen LogP contribution in [0, 0.1) is 0 Å². The van der Waals surface area contributed by atoms with Crippen LogP contribution < -0.4 is 0 Å². The van der Waals surface area contributed by atoms with Gasteiger partial charge in [-0.3, -0.25) is 0 Å². The third-order valence-corrected chi connectivity index (χ3v) is 10.7. The fraction of sp³-hybridized carbons (Fsp3) is 0.882. The second kappa shape index (κ2) is 10.8. The Morgan fingerprint density at radius 3 is 1.61 bits per heavy atom. The molecule has 0 aromatic carbocycles. The highest BCUT2D eigenvalue weighted by Gasteiger charge is 2.29. The largest absolute Gasteiger partial charge is 0.104 e. The molecule has 0 atom stereocenters.